The van der Waals surface area contributed by atoms with Gasteiger partial charge in [-0.2, -0.15) is 0 Å². The van der Waals surface area contributed by atoms with E-state index in [2.05, 4.69) is 15.3 Å². The number of nitrogens with zero attached hydrogens (tertiary/aromatic N) is 3. The van der Waals surface area contributed by atoms with Gasteiger partial charge in [-0.25, -0.2) is 9.97 Å². The Bertz CT molecular complexity index is 1210. The minimum absolute atomic E-state index is 0.168. The largest absolute Gasteiger partial charge is 0.362 e. The maximum absolute atomic E-state index is 13.4. The molecule has 1 atom stereocenters. The summed E-state index contributed by atoms with van der Waals surface area (Å²) in [4.78, 5) is 21.5. The lowest BCUT2D eigenvalue weighted by molar-refractivity contribution is 0.773. The summed E-state index contributed by atoms with van der Waals surface area (Å²) in [6, 6.07) is 18.3. The van der Waals surface area contributed by atoms with Gasteiger partial charge in [-0.1, -0.05) is 53.5 Å². The number of aromatic nitrogens is 3. The monoisotopic (exact) mass is 410 g/mol. The lowest BCUT2D eigenvalue weighted by atomic mass is 10.1. The molecule has 0 unspecified atom stereocenters. The number of fused-ring (bicyclic) bond motifs is 1. The molecule has 0 fully saturated rings. The molecule has 2 aromatic carbocycles. The summed E-state index contributed by atoms with van der Waals surface area (Å²) in [5, 5.41) is 5.34. The van der Waals surface area contributed by atoms with Crippen molar-refractivity contribution in [3.8, 4) is 5.69 Å². The smallest absolute Gasteiger partial charge is 0.264 e. The van der Waals surface area contributed by atoms with Crippen LogP contribution in [0.3, 0.4) is 0 Å². The molecule has 1 N–H and O–H groups in total. The van der Waals surface area contributed by atoms with Crippen molar-refractivity contribution >= 4 is 39.8 Å². The molecule has 140 valence electrons. The summed E-state index contributed by atoms with van der Waals surface area (Å²) in [6.45, 7) is 1.96. The minimum Gasteiger partial charge on any atom is -0.362 e. The molecule has 2 heterocycles. The van der Waals surface area contributed by atoms with Crippen molar-refractivity contribution in [3.05, 3.63) is 93.2 Å². The third kappa shape index (κ3) is 3.46. The first-order chi connectivity index (χ1) is 13.5. The molecule has 4 rings (SSSR count). The van der Waals surface area contributed by atoms with Crippen LogP contribution in [0.5, 0.6) is 0 Å². The molecule has 4 aromatic rings. The van der Waals surface area contributed by atoms with E-state index in [0.29, 0.717) is 21.4 Å². The molecule has 5 nitrogen and oxygen atoms in total. The Balaban J connectivity index is 1.92. The molecular weight excluding hydrogens is 395 g/mol. The Labute approximate surface area is 171 Å². The second-order valence-corrected chi connectivity index (χ2v) is 7.14. The number of para-hydroxylation sites is 1. The second kappa shape index (κ2) is 7.62. The van der Waals surface area contributed by atoms with E-state index < -0.39 is 0 Å². The molecule has 28 heavy (non-hydrogen) atoms. The zero-order valence-electron chi connectivity index (χ0n) is 14.9. The number of benzene rings is 2. The van der Waals surface area contributed by atoms with E-state index >= 15 is 0 Å². The van der Waals surface area contributed by atoms with Crippen LogP contribution in [0.15, 0.2) is 71.8 Å². The molecule has 0 saturated heterocycles. The Morgan fingerprint density at radius 3 is 2.54 bits per heavy atom. The van der Waals surface area contributed by atoms with Crippen LogP contribution < -0.4 is 10.9 Å². The van der Waals surface area contributed by atoms with Crippen molar-refractivity contribution in [2.75, 3.05) is 5.32 Å². The third-order valence-corrected chi connectivity index (χ3v) is 5.00. The van der Waals surface area contributed by atoms with E-state index in [1.54, 1.807) is 16.7 Å². The Morgan fingerprint density at radius 2 is 1.79 bits per heavy atom. The first-order valence-electron chi connectivity index (χ1n) is 8.68. The molecular formula is C21H16Cl2N4O. The molecule has 0 amide bonds. The van der Waals surface area contributed by atoms with Gasteiger partial charge in [0.15, 0.2) is 0 Å². The van der Waals surface area contributed by atoms with Gasteiger partial charge in [0.25, 0.3) is 5.56 Å². The molecule has 0 aliphatic carbocycles. The van der Waals surface area contributed by atoms with Crippen molar-refractivity contribution < 1.29 is 0 Å². The number of nitrogens with one attached hydrogen (secondary N) is 1. The Hall–Kier alpha value is -2.89. The highest BCUT2D eigenvalue weighted by Crippen LogP contribution is 2.27. The first-order valence-corrected chi connectivity index (χ1v) is 9.44. The zero-order chi connectivity index (χ0) is 19.7. The summed E-state index contributed by atoms with van der Waals surface area (Å²) in [7, 11) is 0. The van der Waals surface area contributed by atoms with Gasteiger partial charge in [-0.15, -0.1) is 0 Å². The van der Waals surface area contributed by atoms with Crippen molar-refractivity contribution in [1.29, 1.82) is 0 Å². The number of hydrogen-bond donors (Lipinski definition) is 1. The number of rotatable bonds is 4. The van der Waals surface area contributed by atoms with Crippen LogP contribution in [-0.2, 0) is 0 Å². The van der Waals surface area contributed by atoms with E-state index in [0.717, 1.165) is 16.8 Å². The third-order valence-electron chi connectivity index (χ3n) is 4.48. The Kier molecular flexibility index (Phi) is 5.03. The van der Waals surface area contributed by atoms with E-state index in [1.807, 2.05) is 55.5 Å². The number of anilines is 1. The number of pyridine rings is 1. The zero-order valence-corrected chi connectivity index (χ0v) is 16.4. The lowest BCUT2D eigenvalue weighted by Crippen LogP contribution is -2.25. The number of hydrogen-bond acceptors (Lipinski definition) is 4. The standard InChI is InChI=1S/C21H16Cl2N4O/c1-13(26-19-11-18(23)24-12-25-19)17-10-14-6-5-9-16(22)20(14)21(28)27(17)15-7-3-2-4-8-15/h2-13H,1H3,(H,24,25,26)/t13-/m0/s1. The van der Waals surface area contributed by atoms with Gasteiger partial charge in [0.2, 0.25) is 0 Å². The van der Waals surface area contributed by atoms with Crippen molar-refractivity contribution in [2.24, 2.45) is 0 Å². The summed E-state index contributed by atoms with van der Waals surface area (Å²) < 4.78 is 1.68. The summed E-state index contributed by atoms with van der Waals surface area (Å²) in [6.07, 6.45) is 1.39. The maximum Gasteiger partial charge on any atom is 0.264 e. The van der Waals surface area contributed by atoms with Gasteiger partial charge in [0.05, 0.1) is 16.5 Å². The van der Waals surface area contributed by atoms with E-state index in [1.165, 1.54) is 6.33 Å². The van der Waals surface area contributed by atoms with Crippen LogP contribution in [0.25, 0.3) is 16.5 Å². The first kappa shape index (κ1) is 18.5. The van der Waals surface area contributed by atoms with Crippen LogP contribution in [-0.4, -0.2) is 14.5 Å². The summed E-state index contributed by atoms with van der Waals surface area (Å²) >= 11 is 12.3. The molecule has 0 spiro atoms. The summed E-state index contributed by atoms with van der Waals surface area (Å²) in [5.74, 6) is 0.575. The fourth-order valence-electron chi connectivity index (χ4n) is 3.21. The highest BCUT2D eigenvalue weighted by molar-refractivity contribution is 6.35. The lowest BCUT2D eigenvalue weighted by Gasteiger charge is -2.21. The fraction of sp³-hybridized carbons (Fsp3) is 0.0952. The predicted octanol–water partition coefficient (Wildman–Crippen LogP) is 5.26. The van der Waals surface area contributed by atoms with Crippen molar-refractivity contribution in [2.45, 2.75) is 13.0 Å². The van der Waals surface area contributed by atoms with Gasteiger partial charge < -0.3 is 5.32 Å². The number of halogens is 2. The molecule has 7 heteroatoms. The van der Waals surface area contributed by atoms with Crippen molar-refractivity contribution in [1.82, 2.24) is 14.5 Å². The average Bonchev–Trinajstić information content (AvgIpc) is 2.68. The van der Waals surface area contributed by atoms with Crippen LogP contribution in [0.2, 0.25) is 10.2 Å². The summed E-state index contributed by atoms with van der Waals surface area (Å²) in [5.41, 5.74) is 1.37. The predicted molar refractivity (Wildman–Crippen MR) is 114 cm³/mol. The highest BCUT2D eigenvalue weighted by atomic mass is 35.5. The van der Waals surface area contributed by atoms with Gasteiger partial charge in [-0.3, -0.25) is 9.36 Å². The van der Waals surface area contributed by atoms with E-state index in [4.69, 9.17) is 23.2 Å². The van der Waals surface area contributed by atoms with Gasteiger partial charge in [0, 0.05) is 17.4 Å². The van der Waals surface area contributed by atoms with Gasteiger partial charge >= 0.3 is 0 Å². The molecule has 0 aliphatic heterocycles. The molecule has 0 aliphatic rings. The van der Waals surface area contributed by atoms with Crippen LogP contribution >= 0.6 is 23.2 Å². The molecule has 2 aromatic heterocycles. The van der Waals surface area contributed by atoms with Crippen LogP contribution in [0.4, 0.5) is 5.82 Å². The SMILES string of the molecule is C[C@H](Nc1cc(Cl)ncn1)c1cc2cccc(Cl)c2c(=O)n1-c1ccccc1. The van der Waals surface area contributed by atoms with Gasteiger partial charge in [0.1, 0.15) is 17.3 Å². The van der Waals surface area contributed by atoms with Crippen LogP contribution in [0, 0.1) is 0 Å². The van der Waals surface area contributed by atoms with E-state index in [-0.39, 0.29) is 11.6 Å². The van der Waals surface area contributed by atoms with Crippen molar-refractivity contribution in [3.63, 3.8) is 0 Å². The molecule has 0 bridgehead atoms. The highest BCUT2D eigenvalue weighted by Gasteiger charge is 2.18. The molecule has 0 saturated carbocycles. The fourth-order valence-corrected chi connectivity index (χ4v) is 3.62. The maximum atomic E-state index is 13.4. The average molecular weight is 411 g/mol. The Morgan fingerprint density at radius 1 is 1.00 bits per heavy atom. The quantitative estimate of drug-likeness (QED) is 0.466. The second-order valence-electron chi connectivity index (χ2n) is 6.34. The van der Waals surface area contributed by atoms with E-state index in [9.17, 15) is 4.79 Å². The topological polar surface area (TPSA) is 59.8 Å². The van der Waals surface area contributed by atoms with Crippen LogP contribution in [0.1, 0.15) is 18.7 Å². The molecule has 0 radical (unpaired) electrons. The van der Waals surface area contributed by atoms with Gasteiger partial charge in [-0.05, 0) is 36.6 Å². The minimum atomic E-state index is -0.234. The normalized spacial score (nSPS) is 12.1.